The predicted octanol–water partition coefficient (Wildman–Crippen LogP) is 4.03. The van der Waals surface area contributed by atoms with Gasteiger partial charge in [-0.15, -0.1) is 0 Å². The Balaban J connectivity index is 1.32. The molecule has 1 heterocycles. The SMILES string of the molecule is CN=C(NCCOc1cccc(NC(C)=O)c1)NC1CC2(CCCC2)Oc2ccccc21. The molecular weight excluding hydrogens is 404 g/mol. The first kappa shape index (κ1) is 22.0. The van der Waals surface area contributed by atoms with Crippen LogP contribution in [0.3, 0.4) is 0 Å². The lowest BCUT2D eigenvalue weighted by atomic mass is 9.86. The van der Waals surface area contributed by atoms with Gasteiger partial charge in [-0.2, -0.15) is 0 Å². The summed E-state index contributed by atoms with van der Waals surface area (Å²) < 4.78 is 12.3. The second-order valence-corrected chi connectivity index (χ2v) is 8.49. The van der Waals surface area contributed by atoms with Crippen LogP contribution in [0.2, 0.25) is 0 Å². The molecule has 1 aliphatic carbocycles. The number of benzene rings is 2. The van der Waals surface area contributed by atoms with Gasteiger partial charge >= 0.3 is 0 Å². The number of rotatable bonds is 6. The van der Waals surface area contributed by atoms with E-state index in [0.717, 1.165) is 36.7 Å². The number of hydrogen-bond donors (Lipinski definition) is 3. The Morgan fingerprint density at radius 2 is 2.00 bits per heavy atom. The molecule has 1 saturated carbocycles. The Kier molecular flexibility index (Phi) is 6.83. The Hall–Kier alpha value is -3.22. The van der Waals surface area contributed by atoms with Gasteiger partial charge in [0.15, 0.2) is 5.96 Å². The number of carbonyl (C=O) groups excluding carboxylic acids is 1. The number of aliphatic imine (C=N–C) groups is 1. The molecule has 1 aliphatic heterocycles. The highest BCUT2D eigenvalue weighted by atomic mass is 16.5. The third-order valence-electron chi connectivity index (χ3n) is 6.06. The largest absolute Gasteiger partial charge is 0.492 e. The highest BCUT2D eigenvalue weighted by molar-refractivity contribution is 5.88. The first-order chi connectivity index (χ1) is 15.6. The Bertz CT molecular complexity index is 969. The van der Waals surface area contributed by atoms with E-state index in [4.69, 9.17) is 9.47 Å². The molecule has 7 heteroatoms. The summed E-state index contributed by atoms with van der Waals surface area (Å²) in [5.74, 6) is 2.33. The minimum atomic E-state index is -0.104. The molecule has 1 fully saturated rings. The first-order valence-corrected chi connectivity index (χ1v) is 11.3. The fourth-order valence-corrected chi connectivity index (χ4v) is 4.64. The molecule has 32 heavy (non-hydrogen) atoms. The minimum Gasteiger partial charge on any atom is -0.492 e. The highest BCUT2D eigenvalue weighted by Gasteiger charge is 2.43. The molecular formula is C25H32N4O3. The van der Waals surface area contributed by atoms with Crippen molar-refractivity contribution in [1.29, 1.82) is 0 Å². The van der Waals surface area contributed by atoms with Crippen molar-refractivity contribution in [2.24, 2.45) is 4.99 Å². The number of hydrogen-bond acceptors (Lipinski definition) is 4. The molecule has 1 amide bonds. The topological polar surface area (TPSA) is 84.0 Å². The predicted molar refractivity (Wildman–Crippen MR) is 126 cm³/mol. The van der Waals surface area contributed by atoms with Crippen molar-refractivity contribution < 1.29 is 14.3 Å². The van der Waals surface area contributed by atoms with E-state index in [1.807, 2.05) is 30.3 Å². The summed E-state index contributed by atoms with van der Waals surface area (Å²) >= 11 is 0. The van der Waals surface area contributed by atoms with E-state index in [9.17, 15) is 4.79 Å². The lowest BCUT2D eigenvalue weighted by Gasteiger charge is -2.40. The number of nitrogens with zero attached hydrogens (tertiary/aromatic N) is 1. The van der Waals surface area contributed by atoms with Crippen molar-refractivity contribution >= 4 is 17.6 Å². The molecule has 7 nitrogen and oxygen atoms in total. The Morgan fingerprint density at radius 3 is 2.78 bits per heavy atom. The Morgan fingerprint density at radius 1 is 1.19 bits per heavy atom. The lowest BCUT2D eigenvalue weighted by Crippen LogP contribution is -2.47. The average Bonchev–Trinajstić information content (AvgIpc) is 3.22. The fraction of sp³-hybridized carbons (Fsp3) is 0.440. The smallest absolute Gasteiger partial charge is 0.221 e. The molecule has 0 radical (unpaired) electrons. The van der Waals surface area contributed by atoms with Crippen LogP contribution in [-0.2, 0) is 4.79 Å². The van der Waals surface area contributed by atoms with Crippen LogP contribution < -0.4 is 25.4 Å². The minimum absolute atomic E-state index is 0.0626. The van der Waals surface area contributed by atoms with E-state index in [-0.39, 0.29) is 17.6 Å². The van der Waals surface area contributed by atoms with Gasteiger partial charge in [0.2, 0.25) is 5.91 Å². The lowest BCUT2D eigenvalue weighted by molar-refractivity contribution is -0.114. The number of fused-ring (bicyclic) bond motifs is 1. The summed E-state index contributed by atoms with van der Waals surface area (Å²) in [4.78, 5) is 15.6. The number of anilines is 1. The van der Waals surface area contributed by atoms with Crippen molar-refractivity contribution in [2.45, 2.75) is 50.7 Å². The van der Waals surface area contributed by atoms with Crippen LogP contribution >= 0.6 is 0 Å². The molecule has 4 rings (SSSR count). The number of carbonyl (C=O) groups is 1. The van der Waals surface area contributed by atoms with Crippen LogP contribution in [0.15, 0.2) is 53.5 Å². The quantitative estimate of drug-likeness (QED) is 0.362. The van der Waals surface area contributed by atoms with Gasteiger partial charge in [-0.05, 0) is 43.9 Å². The first-order valence-electron chi connectivity index (χ1n) is 11.3. The molecule has 170 valence electrons. The van der Waals surface area contributed by atoms with Crippen LogP contribution in [0.25, 0.3) is 0 Å². The molecule has 3 N–H and O–H groups in total. The summed E-state index contributed by atoms with van der Waals surface area (Å²) in [5.41, 5.74) is 1.84. The van der Waals surface area contributed by atoms with E-state index in [0.29, 0.717) is 18.9 Å². The van der Waals surface area contributed by atoms with Crippen LogP contribution in [0.1, 0.15) is 50.6 Å². The number of guanidine groups is 1. The van der Waals surface area contributed by atoms with Crippen molar-refractivity contribution in [1.82, 2.24) is 10.6 Å². The molecule has 0 bridgehead atoms. The maximum Gasteiger partial charge on any atom is 0.221 e. The van der Waals surface area contributed by atoms with Gasteiger partial charge in [-0.3, -0.25) is 9.79 Å². The maximum atomic E-state index is 11.2. The van der Waals surface area contributed by atoms with Crippen molar-refractivity contribution in [3.8, 4) is 11.5 Å². The zero-order chi connectivity index (χ0) is 22.4. The third kappa shape index (κ3) is 5.33. The van der Waals surface area contributed by atoms with E-state index < -0.39 is 0 Å². The summed E-state index contributed by atoms with van der Waals surface area (Å²) in [6, 6.07) is 15.8. The molecule has 0 saturated heterocycles. The number of amides is 1. The molecule has 0 aromatic heterocycles. The second-order valence-electron chi connectivity index (χ2n) is 8.49. The van der Waals surface area contributed by atoms with Gasteiger partial charge in [-0.1, -0.05) is 24.3 Å². The van der Waals surface area contributed by atoms with Crippen molar-refractivity contribution in [3.63, 3.8) is 0 Å². The van der Waals surface area contributed by atoms with Gasteiger partial charge < -0.3 is 25.4 Å². The van der Waals surface area contributed by atoms with Crippen LogP contribution in [-0.4, -0.2) is 37.7 Å². The van der Waals surface area contributed by atoms with Gasteiger partial charge in [0, 0.05) is 37.7 Å². The Labute approximate surface area is 189 Å². The molecule has 2 aromatic rings. The highest BCUT2D eigenvalue weighted by Crippen LogP contribution is 2.46. The van der Waals surface area contributed by atoms with Gasteiger partial charge in [-0.25, -0.2) is 0 Å². The normalized spacial score (nSPS) is 19.1. The molecule has 1 atom stereocenters. The van der Waals surface area contributed by atoms with Crippen LogP contribution in [0, 0.1) is 0 Å². The number of nitrogens with one attached hydrogen (secondary N) is 3. The molecule has 1 unspecified atom stereocenters. The molecule has 1 spiro atoms. The summed E-state index contributed by atoms with van der Waals surface area (Å²) in [7, 11) is 1.78. The van der Waals surface area contributed by atoms with Gasteiger partial charge in [0.25, 0.3) is 0 Å². The average molecular weight is 437 g/mol. The van der Waals surface area contributed by atoms with Crippen molar-refractivity contribution in [2.75, 3.05) is 25.5 Å². The summed E-state index contributed by atoms with van der Waals surface area (Å²) in [5, 5.41) is 9.71. The monoisotopic (exact) mass is 436 g/mol. The zero-order valence-electron chi connectivity index (χ0n) is 18.8. The van der Waals surface area contributed by atoms with E-state index in [1.54, 1.807) is 7.05 Å². The summed E-state index contributed by atoms with van der Waals surface area (Å²) in [6.07, 6.45) is 5.61. The number of ether oxygens (including phenoxy) is 2. The van der Waals surface area contributed by atoms with Crippen molar-refractivity contribution in [3.05, 3.63) is 54.1 Å². The molecule has 2 aliphatic rings. The van der Waals surface area contributed by atoms with Crippen LogP contribution in [0.4, 0.5) is 5.69 Å². The van der Waals surface area contributed by atoms with Crippen LogP contribution in [0.5, 0.6) is 11.5 Å². The van der Waals surface area contributed by atoms with E-state index in [1.165, 1.54) is 25.3 Å². The van der Waals surface area contributed by atoms with E-state index >= 15 is 0 Å². The van der Waals surface area contributed by atoms with Gasteiger partial charge in [0.05, 0.1) is 12.6 Å². The van der Waals surface area contributed by atoms with Gasteiger partial charge in [0.1, 0.15) is 23.7 Å². The zero-order valence-corrected chi connectivity index (χ0v) is 18.8. The standard InChI is InChI=1S/C25H32N4O3/c1-18(30)28-19-8-7-9-20(16-19)31-15-14-27-24(26-2)29-22-17-25(12-5-6-13-25)32-23-11-4-3-10-21(22)23/h3-4,7-11,16,22H,5-6,12-15,17H2,1-2H3,(H,28,30)(H2,26,27,29). The molecule has 2 aromatic carbocycles. The fourth-order valence-electron chi connectivity index (χ4n) is 4.64. The third-order valence-corrected chi connectivity index (χ3v) is 6.06. The maximum absolute atomic E-state index is 11.2. The van der Waals surface area contributed by atoms with E-state index in [2.05, 4.69) is 39.1 Å². The second kappa shape index (κ2) is 9.94. The number of para-hydroxylation sites is 1. The summed E-state index contributed by atoms with van der Waals surface area (Å²) in [6.45, 7) is 2.56.